The highest BCUT2D eigenvalue weighted by Crippen LogP contribution is 2.31. The first-order chi connectivity index (χ1) is 27.8. The van der Waals surface area contributed by atoms with Crippen LogP contribution in [0.1, 0.15) is 98.3 Å². The number of alkyl carbamates (subject to hydrolysis) is 2. The highest BCUT2D eigenvalue weighted by atomic mass is 16.6. The van der Waals surface area contributed by atoms with Crippen molar-refractivity contribution in [3.63, 3.8) is 0 Å². The van der Waals surface area contributed by atoms with Crippen LogP contribution < -0.4 is 10.6 Å². The molecule has 1 saturated heterocycles. The summed E-state index contributed by atoms with van der Waals surface area (Å²) < 4.78 is 18.6. The number of nitrogens with one attached hydrogen (secondary N) is 2. The summed E-state index contributed by atoms with van der Waals surface area (Å²) in [4.78, 5) is 58.7. The minimum Gasteiger partial charge on any atom is -0.444 e. The van der Waals surface area contributed by atoms with Gasteiger partial charge < -0.3 is 29.7 Å². The Bertz CT molecular complexity index is 2030. The molecule has 1 unspecified atom stereocenters. The summed E-state index contributed by atoms with van der Waals surface area (Å²) in [6.07, 6.45) is 2.37. The first-order valence-corrected chi connectivity index (χ1v) is 20.7. The molecule has 318 valence electrons. The maximum Gasteiger partial charge on any atom is 0.419 e. The van der Waals surface area contributed by atoms with E-state index in [4.69, 9.17) is 14.2 Å². The average Bonchev–Trinajstić information content (AvgIpc) is 3.50. The Morgan fingerprint density at radius 2 is 1.27 bits per heavy atom. The maximum atomic E-state index is 14.8. The SMILES string of the molecule is CC(C)(C)OC(=O)NCCCC[C@H]1C(=O)N(Cc2ccccc2)CC([C@@H](Cc2cn(C(=O)OC(C)(C)C)c3ccccc23)NC(=O)OC(C)(C)C)N1Cc1ccccc1. The van der Waals surface area contributed by atoms with Gasteiger partial charge in [-0.1, -0.05) is 78.9 Å². The van der Waals surface area contributed by atoms with Gasteiger partial charge in [0.25, 0.3) is 0 Å². The number of amides is 3. The molecule has 0 bridgehead atoms. The van der Waals surface area contributed by atoms with Crippen LogP contribution in [0.15, 0.2) is 91.1 Å². The molecule has 3 atom stereocenters. The van der Waals surface area contributed by atoms with Crippen LogP contribution in [0, 0.1) is 0 Å². The Kier molecular flexibility index (Phi) is 14.5. The molecule has 0 radical (unpaired) electrons. The molecule has 2 heterocycles. The quantitative estimate of drug-likeness (QED) is 0.101. The molecule has 4 aromatic rings. The van der Waals surface area contributed by atoms with Crippen LogP contribution in [0.25, 0.3) is 10.9 Å². The Morgan fingerprint density at radius 3 is 1.88 bits per heavy atom. The first-order valence-electron chi connectivity index (χ1n) is 20.7. The van der Waals surface area contributed by atoms with Crippen LogP contribution in [0.3, 0.4) is 0 Å². The van der Waals surface area contributed by atoms with Gasteiger partial charge >= 0.3 is 18.3 Å². The van der Waals surface area contributed by atoms with Crippen molar-refractivity contribution in [1.82, 2.24) is 25.0 Å². The monoisotopic (exact) mass is 809 g/mol. The second kappa shape index (κ2) is 19.1. The van der Waals surface area contributed by atoms with E-state index in [-0.39, 0.29) is 5.91 Å². The predicted molar refractivity (Wildman–Crippen MR) is 230 cm³/mol. The number of carbonyl (C=O) groups is 4. The number of para-hydroxylation sites is 1. The molecule has 12 nitrogen and oxygen atoms in total. The van der Waals surface area contributed by atoms with E-state index in [2.05, 4.69) is 15.5 Å². The summed E-state index contributed by atoms with van der Waals surface area (Å²) in [6.45, 7) is 18.0. The molecule has 59 heavy (non-hydrogen) atoms. The Morgan fingerprint density at radius 1 is 0.712 bits per heavy atom. The van der Waals surface area contributed by atoms with Crippen molar-refractivity contribution in [3.8, 4) is 0 Å². The van der Waals surface area contributed by atoms with E-state index in [1.807, 2.05) is 152 Å². The highest BCUT2D eigenvalue weighted by molar-refractivity contribution is 5.92. The third-order valence-corrected chi connectivity index (χ3v) is 9.82. The molecule has 5 rings (SSSR count). The molecule has 3 amide bonds. The van der Waals surface area contributed by atoms with Gasteiger partial charge in [0.1, 0.15) is 16.8 Å². The van der Waals surface area contributed by atoms with Gasteiger partial charge in [-0.25, -0.2) is 14.4 Å². The largest absolute Gasteiger partial charge is 0.444 e. The summed E-state index contributed by atoms with van der Waals surface area (Å²) in [5.41, 5.74) is 1.47. The van der Waals surface area contributed by atoms with Gasteiger partial charge in [-0.3, -0.25) is 14.3 Å². The van der Waals surface area contributed by atoms with Crippen LogP contribution in [0.4, 0.5) is 14.4 Å². The first kappa shape index (κ1) is 44.7. The number of hydrogen-bond acceptors (Lipinski definition) is 8. The number of piperazine rings is 1. The number of fused-ring (bicyclic) bond motifs is 1. The lowest BCUT2D eigenvalue weighted by Crippen LogP contribution is -2.67. The van der Waals surface area contributed by atoms with Crippen molar-refractivity contribution in [2.75, 3.05) is 13.1 Å². The second-order valence-electron chi connectivity index (χ2n) is 18.3. The van der Waals surface area contributed by atoms with Gasteiger partial charge in [-0.15, -0.1) is 0 Å². The standard InChI is InChI=1S/C47H63N5O7/c1-45(2,3)57-42(54)48-27-19-18-26-39-41(53)50(29-33-20-12-10-13-21-33)32-40(51(39)30-34-22-14-11-15-23-34)37(49-43(55)58-46(4,5)6)28-35-31-52(44(56)59-47(7,8)9)38-25-17-16-24-36(35)38/h10-17,20-25,31,37,39-40H,18-19,26-30,32H2,1-9H3,(H,48,54)(H,49,55)/t37-,39+,40?/m1/s1. The molecule has 12 heteroatoms. The van der Waals surface area contributed by atoms with Crippen LogP contribution in [-0.2, 0) is 38.5 Å². The second-order valence-corrected chi connectivity index (χ2v) is 18.3. The van der Waals surface area contributed by atoms with Gasteiger partial charge in [0, 0.05) is 43.8 Å². The molecule has 0 saturated carbocycles. The fraction of sp³-hybridized carbons (Fsp3) is 0.489. The predicted octanol–water partition coefficient (Wildman–Crippen LogP) is 8.84. The van der Waals surface area contributed by atoms with E-state index >= 15 is 0 Å². The summed E-state index contributed by atoms with van der Waals surface area (Å²) >= 11 is 0. The molecule has 2 N–H and O–H groups in total. The molecule has 1 aliphatic heterocycles. The number of hydrogen-bond donors (Lipinski definition) is 2. The number of benzene rings is 3. The number of nitrogens with zero attached hydrogens (tertiary/aromatic N) is 3. The zero-order valence-electron chi connectivity index (χ0n) is 36.2. The lowest BCUT2D eigenvalue weighted by molar-refractivity contribution is -0.148. The summed E-state index contributed by atoms with van der Waals surface area (Å²) in [6, 6.07) is 26.1. The number of unbranched alkanes of at least 4 members (excludes halogenated alkanes) is 1. The zero-order chi connectivity index (χ0) is 43.0. The van der Waals surface area contributed by atoms with Crippen molar-refractivity contribution in [2.24, 2.45) is 0 Å². The molecule has 1 aliphatic rings. The van der Waals surface area contributed by atoms with E-state index < -0.39 is 53.2 Å². The summed E-state index contributed by atoms with van der Waals surface area (Å²) in [5.74, 6) is -0.00122. The highest BCUT2D eigenvalue weighted by Gasteiger charge is 2.44. The summed E-state index contributed by atoms with van der Waals surface area (Å²) in [5, 5.41) is 6.95. The third-order valence-electron chi connectivity index (χ3n) is 9.82. The number of aromatic nitrogens is 1. The third kappa shape index (κ3) is 13.3. The molecule has 3 aromatic carbocycles. The van der Waals surface area contributed by atoms with Crippen molar-refractivity contribution < 1.29 is 33.4 Å². The molecule has 0 spiro atoms. The van der Waals surface area contributed by atoms with Crippen LogP contribution in [-0.4, -0.2) is 86.6 Å². The average molecular weight is 810 g/mol. The van der Waals surface area contributed by atoms with Crippen molar-refractivity contribution in [2.45, 2.75) is 136 Å². The smallest absolute Gasteiger partial charge is 0.419 e. The fourth-order valence-electron chi connectivity index (χ4n) is 7.44. The Labute approximate surface area is 349 Å². The summed E-state index contributed by atoms with van der Waals surface area (Å²) in [7, 11) is 0. The van der Waals surface area contributed by atoms with E-state index in [0.717, 1.165) is 22.1 Å². The van der Waals surface area contributed by atoms with E-state index in [0.29, 0.717) is 57.4 Å². The van der Waals surface area contributed by atoms with Crippen molar-refractivity contribution in [1.29, 1.82) is 0 Å². The van der Waals surface area contributed by atoms with Crippen molar-refractivity contribution in [3.05, 3.63) is 108 Å². The van der Waals surface area contributed by atoms with Crippen LogP contribution in [0.5, 0.6) is 0 Å². The Hall–Kier alpha value is -5.36. The van der Waals surface area contributed by atoms with Crippen LogP contribution in [0.2, 0.25) is 0 Å². The lowest BCUT2D eigenvalue weighted by atomic mass is 9.91. The molecule has 0 aliphatic carbocycles. The number of carbonyl (C=O) groups excluding carboxylic acids is 4. The minimum absolute atomic E-state index is 0.00122. The zero-order valence-corrected chi connectivity index (χ0v) is 36.2. The molecular weight excluding hydrogens is 747 g/mol. The van der Waals surface area contributed by atoms with Gasteiger partial charge in [-0.2, -0.15) is 0 Å². The van der Waals surface area contributed by atoms with E-state index in [1.54, 1.807) is 6.20 Å². The number of rotatable bonds is 13. The maximum absolute atomic E-state index is 14.8. The van der Waals surface area contributed by atoms with Crippen LogP contribution >= 0.6 is 0 Å². The molecular formula is C47H63N5O7. The topological polar surface area (TPSA) is 131 Å². The lowest BCUT2D eigenvalue weighted by Gasteiger charge is -2.49. The fourth-order valence-corrected chi connectivity index (χ4v) is 7.44. The van der Waals surface area contributed by atoms with Crippen molar-refractivity contribution >= 4 is 35.1 Å². The minimum atomic E-state index is -0.761. The molecule has 1 aromatic heterocycles. The van der Waals surface area contributed by atoms with E-state index in [1.165, 1.54) is 4.57 Å². The van der Waals surface area contributed by atoms with Gasteiger partial charge in [0.05, 0.1) is 17.6 Å². The Balaban J connectivity index is 1.56. The van der Waals surface area contributed by atoms with E-state index in [9.17, 15) is 19.2 Å². The molecule has 1 fully saturated rings. The number of ether oxygens (including phenoxy) is 3. The van der Waals surface area contributed by atoms with Gasteiger partial charge in [0.2, 0.25) is 5.91 Å². The normalized spacial score (nSPS) is 17.0. The van der Waals surface area contributed by atoms with Gasteiger partial charge in [0.15, 0.2) is 0 Å². The van der Waals surface area contributed by atoms with Gasteiger partial charge in [-0.05, 0) is 111 Å².